The van der Waals surface area contributed by atoms with Crippen LogP contribution in [0, 0.1) is 0 Å². The van der Waals surface area contributed by atoms with Crippen LogP contribution < -0.4 is 0 Å². The van der Waals surface area contributed by atoms with Gasteiger partial charge < -0.3 is 14.9 Å². The van der Waals surface area contributed by atoms with Crippen molar-refractivity contribution in [1.82, 2.24) is 0 Å². The fraction of sp³-hybridized carbons (Fsp3) is 0.533. The van der Waals surface area contributed by atoms with Crippen LogP contribution in [0.25, 0.3) is 0 Å². The molecule has 0 aliphatic carbocycles. The summed E-state index contributed by atoms with van der Waals surface area (Å²) in [6, 6.07) is 3.68. The maximum absolute atomic E-state index is 11.5. The first-order valence-electron chi connectivity index (χ1n) is 6.42. The largest absolute Gasteiger partial charge is 0.507 e. The highest BCUT2D eigenvalue weighted by molar-refractivity contribution is 5.78. The van der Waals surface area contributed by atoms with Gasteiger partial charge in [-0.05, 0) is 23.0 Å². The number of phenolic OH excluding ortho intramolecular Hbond substituents is 1. The van der Waals surface area contributed by atoms with Gasteiger partial charge in [0.15, 0.2) is 6.10 Å². The van der Waals surface area contributed by atoms with E-state index in [9.17, 15) is 15.0 Å². The number of carbonyl (C=O) groups is 1. The highest BCUT2D eigenvalue weighted by atomic mass is 16.5. The van der Waals surface area contributed by atoms with E-state index < -0.39 is 12.1 Å². The zero-order valence-electron chi connectivity index (χ0n) is 12.1. The molecule has 4 heteroatoms. The molecule has 0 saturated heterocycles. The SMILES string of the molecule is COC(=O)C(O)c1c(C(C)C)ccc(C(C)C)c1O. The number of rotatable bonds is 4. The molecule has 1 aromatic rings. The van der Waals surface area contributed by atoms with Crippen LogP contribution >= 0.6 is 0 Å². The summed E-state index contributed by atoms with van der Waals surface area (Å²) < 4.78 is 4.56. The van der Waals surface area contributed by atoms with Gasteiger partial charge in [-0.15, -0.1) is 0 Å². The van der Waals surface area contributed by atoms with E-state index >= 15 is 0 Å². The van der Waals surface area contributed by atoms with Crippen LogP contribution in [-0.4, -0.2) is 23.3 Å². The third kappa shape index (κ3) is 3.07. The summed E-state index contributed by atoms with van der Waals surface area (Å²) in [5, 5.41) is 20.4. The molecule has 0 saturated carbocycles. The van der Waals surface area contributed by atoms with Crippen molar-refractivity contribution in [2.24, 2.45) is 0 Å². The Labute approximate surface area is 114 Å². The molecule has 0 heterocycles. The number of aliphatic hydroxyl groups is 1. The lowest BCUT2D eigenvalue weighted by Gasteiger charge is -2.21. The molecule has 1 unspecified atom stereocenters. The van der Waals surface area contributed by atoms with E-state index in [0.717, 1.165) is 5.56 Å². The van der Waals surface area contributed by atoms with Crippen LogP contribution in [0.1, 0.15) is 62.3 Å². The summed E-state index contributed by atoms with van der Waals surface area (Å²) in [5.74, 6) is -0.594. The van der Waals surface area contributed by atoms with Gasteiger partial charge in [0.25, 0.3) is 0 Å². The van der Waals surface area contributed by atoms with Crippen molar-refractivity contribution < 1.29 is 19.7 Å². The van der Waals surface area contributed by atoms with Crippen molar-refractivity contribution in [3.05, 3.63) is 28.8 Å². The molecular formula is C15H22O4. The maximum Gasteiger partial charge on any atom is 0.339 e. The van der Waals surface area contributed by atoms with E-state index in [1.54, 1.807) is 0 Å². The molecule has 0 aliphatic rings. The number of hydrogen-bond acceptors (Lipinski definition) is 4. The van der Waals surface area contributed by atoms with Gasteiger partial charge in [0.05, 0.1) is 7.11 Å². The number of esters is 1. The predicted octanol–water partition coefficient (Wildman–Crippen LogP) is 2.85. The van der Waals surface area contributed by atoms with E-state index in [0.29, 0.717) is 5.56 Å². The van der Waals surface area contributed by atoms with E-state index in [1.807, 2.05) is 39.8 Å². The number of methoxy groups -OCH3 is 1. The van der Waals surface area contributed by atoms with Crippen LogP contribution in [0.4, 0.5) is 0 Å². The number of ether oxygens (including phenoxy) is 1. The first kappa shape index (κ1) is 15.5. The highest BCUT2D eigenvalue weighted by Gasteiger charge is 2.27. The van der Waals surface area contributed by atoms with Crippen molar-refractivity contribution in [1.29, 1.82) is 0 Å². The first-order chi connectivity index (χ1) is 8.81. The minimum atomic E-state index is -1.46. The second-order valence-corrected chi connectivity index (χ2v) is 5.24. The molecule has 4 nitrogen and oxygen atoms in total. The molecule has 1 rings (SSSR count). The summed E-state index contributed by atoms with van der Waals surface area (Å²) in [6.45, 7) is 7.77. The molecule has 1 aromatic carbocycles. The molecule has 0 radical (unpaired) electrons. The third-order valence-electron chi connectivity index (χ3n) is 3.22. The van der Waals surface area contributed by atoms with Crippen LogP contribution in [0.2, 0.25) is 0 Å². The van der Waals surface area contributed by atoms with Gasteiger partial charge >= 0.3 is 5.97 Å². The number of carbonyl (C=O) groups excluding carboxylic acids is 1. The van der Waals surface area contributed by atoms with E-state index in [1.165, 1.54) is 7.11 Å². The Hall–Kier alpha value is -1.55. The summed E-state index contributed by atoms with van der Waals surface area (Å²) in [7, 11) is 1.21. The second kappa shape index (κ2) is 6.06. The Morgan fingerprint density at radius 3 is 2.00 bits per heavy atom. The van der Waals surface area contributed by atoms with Crippen molar-refractivity contribution in [2.45, 2.75) is 45.6 Å². The number of phenols is 1. The topological polar surface area (TPSA) is 66.8 Å². The lowest BCUT2D eigenvalue weighted by atomic mass is 9.88. The Morgan fingerprint density at radius 1 is 1.11 bits per heavy atom. The van der Waals surface area contributed by atoms with Crippen molar-refractivity contribution in [3.63, 3.8) is 0 Å². The maximum atomic E-state index is 11.5. The lowest BCUT2D eigenvalue weighted by molar-refractivity contribution is -0.150. The standard InChI is InChI=1S/C15H22O4/c1-8(2)10-6-7-11(9(3)4)13(16)12(10)14(17)15(18)19-5/h6-9,14,16-17H,1-5H3. The number of aromatic hydroxyl groups is 1. The minimum Gasteiger partial charge on any atom is -0.507 e. The van der Waals surface area contributed by atoms with Crippen molar-refractivity contribution in [3.8, 4) is 5.75 Å². The van der Waals surface area contributed by atoms with Gasteiger partial charge in [0, 0.05) is 5.56 Å². The summed E-state index contributed by atoms with van der Waals surface area (Å²) in [6.07, 6.45) is -1.46. The van der Waals surface area contributed by atoms with Crippen molar-refractivity contribution >= 4 is 5.97 Å². The van der Waals surface area contributed by atoms with Gasteiger partial charge in [-0.25, -0.2) is 4.79 Å². The van der Waals surface area contributed by atoms with Gasteiger partial charge in [0.2, 0.25) is 0 Å². The average molecular weight is 266 g/mol. The number of hydrogen-bond donors (Lipinski definition) is 2. The second-order valence-electron chi connectivity index (χ2n) is 5.24. The van der Waals surface area contributed by atoms with Crippen molar-refractivity contribution in [2.75, 3.05) is 7.11 Å². The quantitative estimate of drug-likeness (QED) is 0.822. The van der Waals surface area contributed by atoms with Gasteiger partial charge in [-0.1, -0.05) is 39.8 Å². The average Bonchev–Trinajstić information content (AvgIpc) is 2.35. The predicted molar refractivity (Wildman–Crippen MR) is 73.3 cm³/mol. The highest BCUT2D eigenvalue weighted by Crippen LogP contribution is 2.38. The van der Waals surface area contributed by atoms with Crippen LogP contribution in [0.15, 0.2) is 12.1 Å². The molecule has 0 bridgehead atoms. The Bertz CT molecular complexity index is 463. The summed E-state index contributed by atoms with van der Waals surface area (Å²) in [5.41, 5.74) is 1.72. The Morgan fingerprint density at radius 2 is 1.58 bits per heavy atom. The molecule has 0 fully saturated rings. The normalized spacial score (nSPS) is 12.8. The van der Waals surface area contributed by atoms with E-state index in [-0.39, 0.29) is 23.1 Å². The van der Waals surface area contributed by atoms with Crippen LogP contribution in [0.3, 0.4) is 0 Å². The summed E-state index contributed by atoms with van der Waals surface area (Å²) >= 11 is 0. The zero-order valence-corrected chi connectivity index (χ0v) is 12.1. The van der Waals surface area contributed by atoms with Crippen LogP contribution in [0.5, 0.6) is 5.75 Å². The smallest absolute Gasteiger partial charge is 0.339 e. The van der Waals surface area contributed by atoms with Crippen LogP contribution in [-0.2, 0) is 9.53 Å². The van der Waals surface area contributed by atoms with E-state index in [4.69, 9.17) is 0 Å². The number of benzene rings is 1. The van der Waals surface area contributed by atoms with E-state index in [2.05, 4.69) is 4.74 Å². The third-order valence-corrected chi connectivity index (χ3v) is 3.22. The molecule has 0 spiro atoms. The Kier molecular flexibility index (Phi) is 4.95. The van der Waals surface area contributed by atoms with Gasteiger partial charge in [-0.2, -0.15) is 0 Å². The molecule has 0 aliphatic heterocycles. The molecule has 0 amide bonds. The van der Waals surface area contributed by atoms with Gasteiger partial charge in [-0.3, -0.25) is 0 Å². The summed E-state index contributed by atoms with van der Waals surface area (Å²) in [4.78, 5) is 11.5. The lowest BCUT2D eigenvalue weighted by Crippen LogP contribution is -2.16. The Balaban J connectivity index is 3.47. The number of aliphatic hydroxyl groups excluding tert-OH is 1. The first-order valence-corrected chi connectivity index (χ1v) is 6.42. The minimum absolute atomic E-state index is 0.0147. The zero-order chi connectivity index (χ0) is 14.7. The molecular weight excluding hydrogens is 244 g/mol. The molecule has 0 aromatic heterocycles. The fourth-order valence-corrected chi connectivity index (χ4v) is 2.13. The fourth-order valence-electron chi connectivity index (χ4n) is 2.13. The molecule has 2 N–H and O–H groups in total. The molecule has 106 valence electrons. The monoisotopic (exact) mass is 266 g/mol. The van der Waals surface area contributed by atoms with Gasteiger partial charge in [0.1, 0.15) is 5.75 Å². The molecule has 1 atom stereocenters. The molecule has 19 heavy (non-hydrogen) atoms.